The van der Waals surface area contributed by atoms with Crippen molar-refractivity contribution in [2.24, 2.45) is 0 Å². The molecule has 0 fully saturated rings. The van der Waals surface area contributed by atoms with Crippen molar-refractivity contribution in [1.82, 2.24) is 0 Å². The average Bonchev–Trinajstić information content (AvgIpc) is 2.39. The van der Waals surface area contributed by atoms with Crippen LogP contribution in [0.4, 0.5) is 4.39 Å². The Balaban J connectivity index is 2.18. The van der Waals surface area contributed by atoms with Crippen LogP contribution in [-0.4, -0.2) is 11.1 Å². The first kappa shape index (κ1) is 14.3. The molecule has 0 aromatic heterocycles. The van der Waals surface area contributed by atoms with Crippen molar-refractivity contribution >= 4 is 17.6 Å². The number of hydrogen-bond acceptors (Lipinski definition) is 2. The largest absolute Gasteiger partial charge is 0.489 e. The minimum absolute atomic E-state index is 0.0687. The summed E-state index contributed by atoms with van der Waals surface area (Å²) in [6.45, 7) is 1.93. The highest BCUT2D eigenvalue weighted by Gasteiger charge is 2.08. The molecular formula is C15H12ClFO3. The summed E-state index contributed by atoms with van der Waals surface area (Å²) >= 11 is 5.87. The van der Waals surface area contributed by atoms with Gasteiger partial charge in [0.25, 0.3) is 0 Å². The third kappa shape index (κ3) is 3.48. The molecule has 5 heteroatoms. The van der Waals surface area contributed by atoms with Gasteiger partial charge in [0, 0.05) is 5.02 Å². The molecule has 0 spiro atoms. The number of ether oxygens (including phenoxy) is 1. The van der Waals surface area contributed by atoms with E-state index in [9.17, 15) is 9.18 Å². The van der Waals surface area contributed by atoms with Crippen LogP contribution in [-0.2, 0) is 6.61 Å². The first-order valence-electron chi connectivity index (χ1n) is 5.87. The summed E-state index contributed by atoms with van der Waals surface area (Å²) < 4.78 is 18.9. The maximum atomic E-state index is 13.3. The second-order valence-electron chi connectivity index (χ2n) is 4.35. The van der Waals surface area contributed by atoms with Gasteiger partial charge in [0.2, 0.25) is 0 Å². The standard InChI is InChI=1S/C15H12ClFO3/c1-9-2-3-12(16)7-14(9)20-8-10-4-11(15(18)19)6-13(17)5-10/h2-7H,8H2,1H3,(H,18,19). The Bertz CT molecular complexity index is 656. The fourth-order valence-corrected chi connectivity index (χ4v) is 1.91. The smallest absolute Gasteiger partial charge is 0.335 e. The number of carboxylic acids is 1. The molecule has 0 saturated heterocycles. The van der Waals surface area contributed by atoms with Gasteiger partial charge in [0.05, 0.1) is 5.56 Å². The lowest BCUT2D eigenvalue weighted by Gasteiger charge is -2.10. The van der Waals surface area contributed by atoms with Crippen LogP contribution in [0.1, 0.15) is 21.5 Å². The molecule has 0 atom stereocenters. The topological polar surface area (TPSA) is 46.5 Å². The summed E-state index contributed by atoms with van der Waals surface area (Å²) in [6.07, 6.45) is 0. The third-order valence-corrected chi connectivity index (χ3v) is 2.98. The van der Waals surface area contributed by atoms with Crippen LogP contribution in [0.5, 0.6) is 5.75 Å². The van der Waals surface area contributed by atoms with Gasteiger partial charge in [-0.2, -0.15) is 0 Å². The van der Waals surface area contributed by atoms with Crippen molar-refractivity contribution in [2.45, 2.75) is 13.5 Å². The molecule has 104 valence electrons. The predicted octanol–water partition coefficient (Wildman–Crippen LogP) is 4.06. The molecule has 0 radical (unpaired) electrons. The highest BCUT2D eigenvalue weighted by Crippen LogP contribution is 2.23. The van der Waals surface area contributed by atoms with E-state index in [1.165, 1.54) is 12.1 Å². The molecule has 2 aromatic carbocycles. The molecule has 0 amide bonds. The van der Waals surface area contributed by atoms with Gasteiger partial charge >= 0.3 is 5.97 Å². The zero-order valence-corrected chi connectivity index (χ0v) is 11.4. The van der Waals surface area contributed by atoms with Crippen LogP contribution < -0.4 is 4.74 Å². The molecule has 3 nitrogen and oxygen atoms in total. The molecular weight excluding hydrogens is 283 g/mol. The van der Waals surface area contributed by atoms with Crippen LogP contribution in [0.15, 0.2) is 36.4 Å². The number of hydrogen-bond donors (Lipinski definition) is 1. The number of aromatic carboxylic acids is 1. The molecule has 20 heavy (non-hydrogen) atoms. The number of benzene rings is 2. The van der Waals surface area contributed by atoms with Crippen molar-refractivity contribution < 1.29 is 19.0 Å². The molecule has 1 N–H and O–H groups in total. The summed E-state index contributed by atoms with van der Waals surface area (Å²) in [6, 6.07) is 8.81. The van der Waals surface area contributed by atoms with Gasteiger partial charge in [-0.25, -0.2) is 9.18 Å². The summed E-state index contributed by atoms with van der Waals surface area (Å²) in [7, 11) is 0. The molecule has 0 aliphatic carbocycles. The van der Waals surface area contributed by atoms with E-state index in [4.69, 9.17) is 21.4 Å². The van der Waals surface area contributed by atoms with Gasteiger partial charge in [0.1, 0.15) is 18.2 Å². The summed E-state index contributed by atoms with van der Waals surface area (Å²) in [4.78, 5) is 10.9. The van der Waals surface area contributed by atoms with Crippen molar-refractivity contribution in [1.29, 1.82) is 0 Å². The van der Waals surface area contributed by atoms with Crippen molar-refractivity contribution in [3.63, 3.8) is 0 Å². The fourth-order valence-electron chi connectivity index (χ4n) is 1.75. The van der Waals surface area contributed by atoms with Crippen LogP contribution >= 0.6 is 11.6 Å². The SMILES string of the molecule is Cc1ccc(Cl)cc1OCc1cc(F)cc(C(=O)O)c1. The highest BCUT2D eigenvalue weighted by molar-refractivity contribution is 6.30. The van der Waals surface area contributed by atoms with E-state index in [1.807, 2.05) is 13.0 Å². The number of halogens is 2. The lowest BCUT2D eigenvalue weighted by Crippen LogP contribution is -2.02. The summed E-state index contributed by atoms with van der Waals surface area (Å²) in [5, 5.41) is 9.41. The Kier molecular flexibility index (Phi) is 4.25. The van der Waals surface area contributed by atoms with Crippen LogP contribution in [0.3, 0.4) is 0 Å². The number of rotatable bonds is 4. The van der Waals surface area contributed by atoms with E-state index in [1.54, 1.807) is 12.1 Å². The Morgan fingerprint density at radius 3 is 2.75 bits per heavy atom. The van der Waals surface area contributed by atoms with Gasteiger partial charge in [-0.1, -0.05) is 17.7 Å². The molecule has 2 aromatic rings. The molecule has 0 aliphatic heterocycles. The highest BCUT2D eigenvalue weighted by atomic mass is 35.5. The second-order valence-corrected chi connectivity index (χ2v) is 4.79. The Morgan fingerprint density at radius 2 is 2.05 bits per heavy atom. The van der Waals surface area contributed by atoms with E-state index >= 15 is 0 Å². The van der Waals surface area contributed by atoms with E-state index in [0.717, 1.165) is 11.6 Å². The Hall–Kier alpha value is -2.07. The van der Waals surface area contributed by atoms with Crippen molar-refractivity contribution in [3.05, 3.63) is 63.9 Å². The molecule has 0 unspecified atom stereocenters. The maximum Gasteiger partial charge on any atom is 0.335 e. The molecule has 0 saturated carbocycles. The zero-order valence-electron chi connectivity index (χ0n) is 10.7. The van der Waals surface area contributed by atoms with Crippen LogP contribution in [0, 0.1) is 12.7 Å². The molecule has 0 aliphatic rings. The fraction of sp³-hybridized carbons (Fsp3) is 0.133. The number of carbonyl (C=O) groups is 1. The van der Waals surface area contributed by atoms with Gasteiger partial charge in [-0.3, -0.25) is 0 Å². The Morgan fingerprint density at radius 1 is 1.30 bits per heavy atom. The minimum atomic E-state index is -1.18. The average molecular weight is 295 g/mol. The van der Waals surface area contributed by atoms with Crippen molar-refractivity contribution in [2.75, 3.05) is 0 Å². The zero-order chi connectivity index (χ0) is 14.7. The third-order valence-electron chi connectivity index (χ3n) is 2.75. The number of aryl methyl sites for hydroxylation is 1. The lowest BCUT2D eigenvalue weighted by atomic mass is 10.1. The normalized spacial score (nSPS) is 10.3. The Labute approximate surface area is 120 Å². The van der Waals surface area contributed by atoms with E-state index in [2.05, 4.69) is 0 Å². The van der Waals surface area contributed by atoms with Gasteiger partial charge < -0.3 is 9.84 Å². The van der Waals surface area contributed by atoms with Crippen molar-refractivity contribution in [3.8, 4) is 5.75 Å². The quantitative estimate of drug-likeness (QED) is 0.925. The monoisotopic (exact) mass is 294 g/mol. The first-order chi connectivity index (χ1) is 9.45. The minimum Gasteiger partial charge on any atom is -0.489 e. The predicted molar refractivity (Wildman–Crippen MR) is 73.9 cm³/mol. The second kappa shape index (κ2) is 5.92. The van der Waals surface area contributed by atoms with Crippen LogP contribution in [0.2, 0.25) is 5.02 Å². The molecule has 0 bridgehead atoms. The number of carboxylic acid groups (broad SMARTS) is 1. The molecule has 0 heterocycles. The lowest BCUT2D eigenvalue weighted by molar-refractivity contribution is 0.0696. The summed E-state index contributed by atoms with van der Waals surface area (Å²) in [5.74, 6) is -1.20. The maximum absolute atomic E-state index is 13.3. The van der Waals surface area contributed by atoms with Gasteiger partial charge in [0.15, 0.2) is 0 Å². The molecule has 2 rings (SSSR count). The van der Waals surface area contributed by atoms with E-state index < -0.39 is 11.8 Å². The van der Waals surface area contributed by atoms with E-state index in [0.29, 0.717) is 16.3 Å². The van der Waals surface area contributed by atoms with E-state index in [-0.39, 0.29) is 12.2 Å². The van der Waals surface area contributed by atoms with Gasteiger partial charge in [-0.15, -0.1) is 0 Å². The first-order valence-corrected chi connectivity index (χ1v) is 6.25. The van der Waals surface area contributed by atoms with Crippen LogP contribution in [0.25, 0.3) is 0 Å². The summed E-state index contributed by atoms with van der Waals surface area (Å²) in [5.41, 5.74) is 1.23. The van der Waals surface area contributed by atoms with Gasteiger partial charge in [-0.05, 0) is 48.4 Å².